The molecule has 0 aromatic rings. The first kappa shape index (κ1) is 13.2. The zero-order valence-electron chi connectivity index (χ0n) is 8.46. The van der Waals surface area contributed by atoms with E-state index in [0.29, 0.717) is 12.3 Å². The van der Waals surface area contributed by atoms with E-state index in [1.165, 1.54) is 4.31 Å². The minimum Gasteiger partial charge on any atom is -0.212 e. The van der Waals surface area contributed by atoms with E-state index in [4.69, 9.17) is 11.6 Å². The van der Waals surface area contributed by atoms with Crippen molar-refractivity contribution in [2.75, 3.05) is 18.7 Å². The van der Waals surface area contributed by atoms with Crippen LogP contribution < -0.4 is 0 Å². The van der Waals surface area contributed by atoms with Gasteiger partial charge in [-0.1, -0.05) is 6.92 Å². The number of halogens is 1. The summed E-state index contributed by atoms with van der Waals surface area (Å²) in [6.07, 6.45) is 1.35. The molecule has 0 aliphatic rings. The van der Waals surface area contributed by atoms with Gasteiger partial charge in [0.2, 0.25) is 10.0 Å². The Labute approximate surface area is 86.1 Å². The van der Waals surface area contributed by atoms with Crippen molar-refractivity contribution < 1.29 is 8.42 Å². The van der Waals surface area contributed by atoms with Crippen molar-refractivity contribution in [3.63, 3.8) is 0 Å². The Morgan fingerprint density at radius 3 is 2.38 bits per heavy atom. The summed E-state index contributed by atoms with van der Waals surface area (Å²) in [5, 5.41) is 0. The van der Waals surface area contributed by atoms with Gasteiger partial charge >= 0.3 is 0 Å². The first-order valence-corrected chi connectivity index (χ1v) is 6.61. The second kappa shape index (κ2) is 5.83. The molecule has 0 aliphatic carbocycles. The topological polar surface area (TPSA) is 37.4 Å². The Balaban J connectivity index is 4.28. The zero-order valence-corrected chi connectivity index (χ0v) is 10.0. The lowest BCUT2D eigenvalue weighted by Gasteiger charge is -2.22. The van der Waals surface area contributed by atoms with Gasteiger partial charge in [-0.05, 0) is 19.8 Å². The van der Waals surface area contributed by atoms with Crippen LogP contribution in [0.3, 0.4) is 0 Å². The third-order valence-electron chi connectivity index (χ3n) is 2.19. The fourth-order valence-corrected chi connectivity index (χ4v) is 2.70. The highest BCUT2D eigenvalue weighted by atomic mass is 35.5. The monoisotopic (exact) mass is 227 g/mol. The maximum absolute atomic E-state index is 11.6. The molecule has 3 nitrogen and oxygen atoms in total. The average Bonchev–Trinajstić information content (AvgIpc) is 2.12. The van der Waals surface area contributed by atoms with Crippen LogP contribution in [0.25, 0.3) is 0 Å². The highest BCUT2D eigenvalue weighted by molar-refractivity contribution is 7.89. The highest BCUT2D eigenvalue weighted by Gasteiger charge is 2.20. The summed E-state index contributed by atoms with van der Waals surface area (Å²) in [6, 6.07) is 0.0697. The van der Waals surface area contributed by atoms with Crippen LogP contribution in [-0.4, -0.2) is 37.4 Å². The largest absolute Gasteiger partial charge is 0.214 e. The Hall–Kier alpha value is 0.200. The lowest BCUT2D eigenvalue weighted by molar-refractivity contribution is 0.380. The number of hydrogen-bond donors (Lipinski definition) is 0. The van der Waals surface area contributed by atoms with Gasteiger partial charge in [0, 0.05) is 19.0 Å². The van der Waals surface area contributed by atoms with Crippen LogP contribution >= 0.6 is 11.6 Å². The van der Waals surface area contributed by atoms with Crippen molar-refractivity contribution in [2.24, 2.45) is 0 Å². The van der Waals surface area contributed by atoms with E-state index in [-0.39, 0.29) is 11.8 Å². The molecule has 80 valence electrons. The van der Waals surface area contributed by atoms with E-state index in [0.717, 1.165) is 6.42 Å². The number of hydrogen-bond acceptors (Lipinski definition) is 2. The zero-order chi connectivity index (χ0) is 10.5. The normalized spacial score (nSPS) is 14.8. The molecular weight excluding hydrogens is 210 g/mol. The van der Waals surface area contributed by atoms with E-state index in [9.17, 15) is 8.42 Å². The lowest BCUT2D eigenvalue weighted by atomic mass is 10.3. The van der Waals surface area contributed by atoms with E-state index < -0.39 is 10.0 Å². The molecule has 0 fully saturated rings. The molecule has 0 saturated carbocycles. The summed E-state index contributed by atoms with van der Waals surface area (Å²) in [5.74, 6) is 0.547. The van der Waals surface area contributed by atoms with Gasteiger partial charge < -0.3 is 0 Å². The Morgan fingerprint density at radius 2 is 2.00 bits per heavy atom. The molecule has 0 saturated heterocycles. The quantitative estimate of drug-likeness (QED) is 0.648. The fourth-order valence-electron chi connectivity index (χ4n) is 0.912. The summed E-state index contributed by atoms with van der Waals surface area (Å²) in [7, 11) is -1.46. The Bertz CT molecular complexity index is 228. The summed E-state index contributed by atoms with van der Waals surface area (Å²) < 4.78 is 24.5. The molecule has 0 bridgehead atoms. The van der Waals surface area contributed by atoms with Crippen molar-refractivity contribution in [2.45, 2.75) is 32.7 Å². The predicted molar refractivity (Wildman–Crippen MR) is 56.6 cm³/mol. The molecule has 0 N–H and O–H groups in total. The number of alkyl halides is 1. The predicted octanol–water partition coefficient (Wildman–Crippen LogP) is 1.68. The lowest BCUT2D eigenvalue weighted by Crippen LogP contribution is -2.36. The third-order valence-corrected chi connectivity index (χ3v) is 4.50. The van der Waals surface area contributed by atoms with Crippen LogP contribution in [-0.2, 0) is 10.0 Å². The van der Waals surface area contributed by atoms with Crippen LogP contribution in [0.1, 0.15) is 26.7 Å². The molecule has 0 spiro atoms. The molecule has 0 heterocycles. The van der Waals surface area contributed by atoms with Gasteiger partial charge in [-0.3, -0.25) is 0 Å². The van der Waals surface area contributed by atoms with Crippen LogP contribution in [0.15, 0.2) is 0 Å². The first-order chi connectivity index (χ1) is 5.95. The van der Waals surface area contributed by atoms with Crippen molar-refractivity contribution >= 4 is 21.6 Å². The number of nitrogens with zero attached hydrogens (tertiary/aromatic N) is 1. The molecule has 0 rings (SSSR count). The minimum atomic E-state index is -3.08. The molecule has 0 radical (unpaired) electrons. The molecule has 0 amide bonds. The van der Waals surface area contributed by atoms with E-state index in [1.54, 1.807) is 7.05 Å². The van der Waals surface area contributed by atoms with E-state index in [2.05, 4.69) is 0 Å². The van der Waals surface area contributed by atoms with Crippen LogP contribution in [0.5, 0.6) is 0 Å². The highest BCUT2D eigenvalue weighted by Crippen LogP contribution is 2.08. The average molecular weight is 228 g/mol. The summed E-state index contributed by atoms with van der Waals surface area (Å²) in [4.78, 5) is 0. The molecule has 5 heteroatoms. The van der Waals surface area contributed by atoms with Crippen molar-refractivity contribution in [1.82, 2.24) is 4.31 Å². The van der Waals surface area contributed by atoms with Gasteiger partial charge in [0.1, 0.15) is 0 Å². The number of sulfonamides is 1. The Morgan fingerprint density at radius 1 is 1.46 bits per heavy atom. The maximum atomic E-state index is 11.6. The fraction of sp³-hybridized carbons (Fsp3) is 1.00. The van der Waals surface area contributed by atoms with Crippen LogP contribution in [0, 0.1) is 0 Å². The van der Waals surface area contributed by atoms with Gasteiger partial charge in [-0.25, -0.2) is 12.7 Å². The standard InChI is InChI=1S/C8H18ClNO2S/c1-4-8(2)10(3)13(11,12)7-5-6-9/h8H,4-7H2,1-3H3. The van der Waals surface area contributed by atoms with Crippen molar-refractivity contribution in [3.05, 3.63) is 0 Å². The molecule has 1 unspecified atom stereocenters. The molecule has 13 heavy (non-hydrogen) atoms. The van der Waals surface area contributed by atoms with Crippen LogP contribution in [0.4, 0.5) is 0 Å². The Kier molecular flexibility index (Phi) is 5.92. The van der Waals surface area contributed by atoms with Gasteiger partial charge in [0.25, 0.3) is 0 Å². The molecule has 1 atom stereocenters. The summed E-state index contributed by atoms with van der Waals surface area (Å²) in [6.45, 7) is 3.87. The van der Waals surface area contributed by atoms with E-state index in [1.807, 2.05) is 13.8 Å². The number of rotatable bonds is 6. The molecular formula is C8H18ClNO2S. The second-order valence-corrected chi connectivity index (χ2v) is 5.66. The SMILES string of the molecule is CCC(C)N(C)S(=O)(=O)CCCCl. The minimum absolute atomic E-state index is 0.0697. The molecule has 0 aromatic carbocycles. The smallest absolute Gasteiger partial charge is 0.212 e. The molecule has 0 aromatic heterocycles. The summed E-state index contributed by atoms with van der Waals surface area (Å²) in [5.41, 5.74) is 0. The van der Waals surface area contributed by atoms with Gasteiger partial charge in [-0.2, -0.15) is 0 Å². The first-order valence-electron chi connectivity index (χ1n) is 4.47. The van der Waals surface area contributed by atoms with Crippen molar-refractivity contribution in [1.29, 1.82) is 0 Å². The molecule has 0 aliphatic heterocycles. The third kappa shape index (κ3) is 4.29. The van der Waals surface area contributed by atoms with E-state index >= 15 is 0 Å². The summed E-state index contributed by atoms with van der Waals surface area (Å²) >= 11 is 5.44. The second-order valence-electron chi connectivity index (χ2n) is 3.13. The van der Waals surface area contributed by atoms with Gasteiger partial charge in [-0.15, -0.1) is 11.6 Å². The van der Waals surface area contributed by atoms with Gasteiger partial charge in [0.15, 0.2) is 0 Å². The van der Waals surface area contributed by atoms with Crippen LogP contribution in [0.2, 0.25) is 0 Å². The maximum Gasteiger partial charge on any atom is 0.214 e. The van der Waals surface area contributed by atoms with Crippen molar-refractivity contribution in [3.8, 4) is 0 Å². The van der Waals surface area contributed by atoms with Gasteiger partial charge in [0.05, 0.1) is 5.75 Å².